The third kappa shape index (κ3) is 3.15. The fourth-order valence-electron chi connectivity index (χ4n) is 2.15. The topological polar surface area (TPSA) is 55.4 Å². The van der Waals surface area contributed by atoms with Gasteiger partial charge in [-0.15, -0.1) is 0 Å². The average molecular weight is 271 g/mol. The standard InChI is InChI=1S/C16H17NO3/c1-11(16(19)20-2)17-15(18)10-13-8-5-7-12-6-3-4-9-14(12)13/h3-9,11H,10H2,1-2H3,(H,17,18)/t11-/m1/s1. The number of nitrogens with one attached hydrogen (secondary N) is 1. The number of rotatable bonds is 4. The van der Waals surface area contributed by atoms with E-state index in [-0.39, 0.29) is 12.3 Å². The third-order valence-corrected chi connectivity index (χ3v) is 3.16. The Bertz CT molecular complexity index is 631. The van der Waals surface area contributed by atoms with E-state index in [1.807, 2.05) is 42.5 Å². The first-order valence-corrected chi connectivity index (χ1v) is 6.45. The molecule has 1 N–H and O–H groups in total. The minimum Gasteiger partial charge on any atom is -0.467 e. The number of amides is 1. The Hall–Kier alpha value is -2.36. The summed E-state index contributed by atoms with van der Waals surface area (Å²) in [5.41, 5.74) is 0.942. The molecule has 2 aromatic carbocycles. The van der Waals surface area contributed by atoms with Crippen LogP contribution < -0.4 is 5.32 Å². The van der Waals surface area contributed by atoms with Crippen LogP contribution in [0.1, 0.15) is 12.5 Å². The van der Waals surface area contributed by atoms with Crippen molar-refractivity contribution < 1.29 is 14.3 Å². The van der Waals surface area contributed by atoms with Gasteiger partial charge in [0.2, 0.25) is 5.91 Å². The van der Waals surface area contributed by atoms with Gasteiger partial charge >= 0.3 is 5.97 Å². The first-order chi connectivity index (χ1) is 9.61. The van der Waals surface area contributed by atoms with Crippen molar-refractivity contribution in [2.75, 3.05) is 7.11 Å². The van der Waals surface area contributed by atoms with Crippen LogP contribution in [0.2, 0.25) is 0 Å². The van der Waals surface area contributed by atoms with Gasteiger partial charge in [0.05, 0.1) is 13.5 Å². The van der Waals surface area contributed by atoms with Crippen molar-refractivity contribution in [3.8, 4) is 0 Å². The molecule has 2 aromatic rings. The molecule has 0 heterocycles. The molecule has 0 aliphatic heterocycles. The van der Waals surface area contributed by atoms with Crippen LogP contribution in [0.15, 0.2) is 42.5 Å². The van der Waals surface area contributed by atoms with Crippen LogP contribution in [0, 0.1) is 0 Å². The van der Waals surface area contributed by atoms with Gasteiger partial charge in [-0.1, -0.05) is 42.5 Å². The highest BCUT2D eigenvalue weighted by atomic mass is 16.5. The zero-order valence-corrected chi connectivity index (χ0v) is 11.6. The second-order valence-corrected chi connectivity index (χ2v) is 4.63. The predicted molar refractivity (Wildman–Crippen MR) is 77.3 cm³/mol. The minimum absolute atomic E-state index is 0.195. The molecule has 1 atom stereocenters. The summed E-state index contributed by atoms with van der Waals surface area (Å²) in [6.07, 6.45) is 0.239. The molecule has 1 amide bonds. The zero-order chi connectivity index (χ0) is 14.5. The second-order valence-electron chi connectivity index (χ2n) is 4.63. The Kier molecular flexibility index (Phi) is 4.35. The fraction of sp³-hybridized carbons (Fsp3) is 0.250. The molecule has 4 nitrogen and oxygen atoms in total. The van der Waals surface area contributed by atoms with Crippen LogP contribution in [0.4, 0.5) is 0 Å². The summed E-state index contributed by atoms with van der Waals surface area (Å²) in [6.45, 7) is 1.60. The lowest BCUT2D eigenvalue weighted by atomic mass is 10.0. The highest BCUT2D eigenvalue weighted by molar-refractivity contribution is 5.91. The molecule has 4 heteroatoms. The monoisotopic (exact) mass is 271 g/mol. The summed E-state index contributed by atoms with van der Waals surface area (Å²) in [5.74, 6) is -0.643. The predicted octanol–water partition coefficient (Wildman–Crippen LogP) is 2.06. The molecule has 0 aliphatic carbocycles. The molecule has 0 radical (unpaired) electrons. The quantitative estimate of drug-likeness (QED) is 0.866. The number of carbonyl (C=O) groups is 2. The first-order valence-electron chi connectivity index (χ1n) is 6.45. The number of carbonyl (C=O) groups excluding carboxylic acids is 2. The van der Waals surface area contributed by atoms with Crippen molar-refractivity contribution >= 4 is 22.6 Å². The maximum atomic E-state index is 12.0. The summed E-state index contributed by atoms with van der Waals surface area (Å²) < 4.78 is 4.58. The molecule has 0 saturated carbocycles. The van der Waals surface area contributed by atoms with Gasteiger partial charge in [0.1, 0.15) is 6.04 Å². The molecule has 20 heavy (non-hydrogen) atoms. The van der Waals surface area contributed by atoms with Crippen LogP contribution in [-0.2, 0) is 20.7 Å². The Morgan fingerprint density at radius 3 is 2.60 bits per heavy atom. The molecular weight excluding hydrogens is 254 g/mol. The van der Waals surface area contributed by atoms with E-state index in [0.29, 0.717) is 0 Å². The van der Waals surface area contributed by atoms with Crippen LogP contribution in [0.3, 0.4) is 0 Å². The largest absolute Gasteiger partial charge is 0.467 e. The van der Waals surface area contributed by atoms with E-state index in [1.54, 1.807) is 6.92 Å². The molecular formula is C16H17NO3. The maximum absolute atomic E-state index is 12.0. The normalized spacial score (nSPS) is 11.9. The van der Waals surface area contributed by atoms with E-state index in [9.17, 15) is 9.59 Å². The van der Waals surface area contributed by atoms with Crippen molar-refractivity contribution in [1.82, 2.24) is 5.32 Å². The van der Waals surface area contributed by atoms with Crippen LogP contribution in [0.5, 0.6) is 0 Å². The van der Waals surface area contributed by atoms with Crippen molar-refractivity contribution in [2.24, 2.45) is 0 Å². The number of esters is 1. The number of hydrogen-bond donors (Lipinski definition) is 1. The van der Waals surface area contributed by atoms with Gasteiger partial charge in [0.15, 0.2) is 0 Å². The Labute approximate surface area is 117 Å². The molecule has 0 aromatic heterocycles. The van der Waals surface area contributed by atoms with Crippen molar-refractivity contribution in [2.45, 2.75) is 19.4 Å². The molecule has 0 bridgehead atoms. The van der Waals surface area contributed by atoms with Crippen LogP contribution >= 0.6 is 0 Å². The smallest absolute Gasteiger partial charge is 0.328 e. The van der Waals surface area contributed by atoms with Gasteiger partial charge in [-0.3, -0.25) is 4.79 Å². The van der Waals surface area contributed by atoms with Crippen LogP contribution in [0.25, 0.3) is 10.8 Å². The van der Waals surface area contributed by atoms with E-state index < -0.39 is 12.0 Å². The maximum Gasteiger partial charge on any atom is 0.328 e. The van der Waals surface area contributed by atoms with Gasteiger partial charge in [-0.05, 0) is 23.3 Å². The Morgan fingerprint density at radius 1 is 1.15 bits per heavy atom. The molecule has 0 saturated heterocycles. The van der Waals surface area contributed by atoms with E-state index in [0.717, 1.165) is 16.3 Å². The number of hydrogen-bond acceptors (Lipinski definition) is 3. The van der Waals surface area contributed by atoms with Crippen molar-refractivity contribution in [3.63, 3.8) is 0 Å². The summed E-state index contributed by atoms with van der Waals surface area (Å²) in [4.78, 5) is 23.2. The summed E-state index contributed by atoms with van der Waals surface area (Å²) in [7, 11) is 1.30. The lowest BCUT2D eigenvalue weighted by Crippen LogP contribution is -2.39. The fourth-order valence-corrected chi connectivity index (χ4v) is 2.15. The van der Waals surface area contributed by atoms with Gasteiger partial charge in [0, 0.05) is 0 Å². The highest BCUT2D eigenvalue weighted by Crippen LogP contribution is 2.18. The summed E-state index contributed by atoms with van der Waals surface area (Å²) in [6, 6.07) is 13.1. The number of ether oxygens (including phenoxy) is 1. The number of benzene rings is 2. The summed E-state index contributed by atoms with van der Waals surface area (Å²) >= 11 is 0. The zero-order valence-electron chi connectivity index (χ0n) is 11.6. The third-order valence-electron chi connectivity index (χ3n) is 3.16. The number of fused-ring (bicyclic) bond motifs is 1. The van der Waals surface area contributed by atoms with Gasteiger partial charge in [-0.25, -0.2) is 4.79 Å². The SMILES string of the molecule is COC(=O)[C@@H](C)NC(=O)Cc1cccc2ccccc12. The molecule has 2 rings (SSSR count). The molecule has 0 fully saturated rings. The van der Waals surface area contributed by atoms with E-state index >= 15 is 0 Å². The lowest BCUT2D eigenvalue weighted by Gasteiger charge is -2.12. The van der Waals surface area contributed by atoms with Crippen LogP contribution in [-0.4, -0.2) is 25.0 Å². The average Bonchev–Trinajstić information content (AvgIpc) is 2.46. The van der Waals surface area contributed by atoms with Gasteiger partial charge in [-0.2, -0.15) is 0 Å². The Balaban J connectivity index is 2.12. The number of methoxy groups -OCH3 is 1. The highest BCUT2D eigenvalue weighted by Gasteiger charge is 2.16. The van der Waals surface area contributed by atoms with E-state index in [4.69, 9.17) is 0 Å². The van der Waals surface area contributed by atoms with Crippen molar-refractivity contribution in [1.29, 1.82) is 0 Å². The molecule has 0 aliphatic rings. The van der Waals surface area contributed by atoms with Gasteiger partial charge < -0.3 is 10.1 Å². The summed E-state index contributed by atoms with van der Waals surface area (Å²) in [5, 5.41) is 4.78. The van der Waals surface area contributed by atoms with Gasteiger partial charge in [0.25, 0.3) is 0 Å². The molecule has 0 spiro atoms. The van der Waals surface area contributed by atoms with E-state index in [1.165, 1.54) is 7.11 Å². The Morgan fingerprint density at radius 2 is 1.85 bits per heavy atom. The molecule has 104 valence electrons. The molecule has 0 unspecified atom stereocenters. The lowest BCUT2D eigenvalue weighted by molar-refractivity contribution is -0.144. The second kappa shape index (κ2) is 6.19. The van der Waals surface area contributed by atoms with E-state index in [2.05, 4.69) is 10.1 Å². The van der Waals surface area contributed by atoms with Crippen molar-refractivity contribution in [3.05, 3.63) is 48.0 Å². The minimum atomic E-state index is -0.637. The first kappa shape index (κ1) is 14.1.